The van der Waals surface area contributed by atoms with Crippen LogP contribution >= 0.6 is 11.6 Å². The van der Waals surface area contributed by atoms with Gasteiger partial charge in [-0.1, -0.05) is 11.6 Å². The second-order valence-corrected chi connectivity index (χ2v) is 11.8. The van der Waals surface area contributed by atoms with Crippen LogP contribution in [0.5, 0.6) is 11.5 Å². The first-order valence-corrected chi connectivity index (χ1v) is 16.0. The minimum atomic E-state index is -0.933. The largest absolute Gasteiger partial charge is 0.497 e. The van der Waals surface area contributed by atoms with Crippen LogP contribution in [0.1, 0.15) is 25.7 Å². The molecule has 1 saturated heterocycles. The van der Waals surface area contributed by atoms with Crippen LogP contribution in [-0.4, -0.2) is 86.1 Å². The smallest absolute Gasteiger partial charge is 0.407 e. The van der Waals surface area contributed by atoms with E-state index in [9.17, 15) is 23.6 Å². The number of methoxy groups -OCH3 is 3. The van der Waals surface area contributed by atoms with E-state index >= 15 is 0 Å². The highest BCUT2D eigenvalue weighted by Crippen LogP contribution is 2.37. The van der Waals surface area contributed by atoms with Gasteiger partial charge in [0.1, 0.15) is 23.4 Å². The lowest BCUT2D eigenvalue weighted by Crippen LogP contribution is -2.59. The van der Waals surface area contributed by atoms with Gasteiger partial charge in [0.05, 0.1) is 57.1 Å². The normalized spacial score (nSPS) is 14.1. The third kappa shape index (κ3) is 7.52. The van der Waals surface area contributed by atoms with Gasteiger partial charge in [-0.3, -0.25) is 14.5 Å². The fourth-order valence-corrected chi connectivity index (χ4v) is 5.87. The molecule has 50 heavy (non-hydrogen) atoms. The number of alkyl carbamates (subject to hydrolysis) is 1. The number of urea groups is 1. The molecule has 264 valence electrons. The number of fused-ring (bicyclic) bond motifs is 1. The summed E-state index contributed by atoms with van der Waals surface area (Å²) in [6, 6.07) is 12.6. The number of carbonyl (C=O) groups is 3. The van der Waals surface area contributed by atoms with E-state index in [2.05, 4.69) is 15.4 Å². The molecule has 4 amide bonds. The van der Waals surface area contributed by atoms with Crippen molar-refractivity contribution in [1.29, 1.82) is 0 Å². The van der Waals surface area contributed by atoms with Gasteiger partial charge in [-0.2, -0.15) is 0 Å². The molecule has 0 radical (unpaired) electrons. The van der Waals surface area contributed by atoms with Gasteiger partial charge in [0, 0.05) is 29.9 Å². The number of nitrogens with zero attached hydrogens (tertiary/aromatic N) is 5. The molecule has 16 heteroatoms. The minimum Gasteiger partial charge on any atom is -0.497 e. The molecule has 2 atom stereocenters. The van der Waals surface area contributed by atoms with E-state index in [1.807, 2.05) is 0 Å². The summed E-state index contributed by atoms with van der Waals surface area (Å²) in [5.41, 5.74) is 0.565. The molecule has 1 aromatic heterocycles. The number of halogens is 2. The number of anilines is 2. The van der Waals surface area contributed by atoms with Gasteiger partial charge >= 0.3 is 12.1 Å². The number of benzene rings is 3. The fourth-order valence-electron chi connectivity index (χ4n) is 5.71. The maximum Gasteiger partial charge on any atom is 0.407 e. The average molecular weight is 710 g/mol. The van der Waals surface area contributed by atoms with Gasteiger partial charge in [0.25, 0.3) is 5.56 Å². The van der Waals surface area contributed by atoms with Crippen LogP contribution in [0.25, 0.3) is 10.9 Å². The van der Waals surface area contributed by atoms with Crippen molar-refractivity contribution in [2.24, 2.45) is 0 Å². The second-order valence-electron chi connectivity index (χ2n) is 11.4. The highest BCUT2D eigenvalue weighted by atomic mass is 35.5. The van der Waals surface area contributed by atoms with E-state index in [1.54, 1.807) is 60.2 Å². The third-order valence-corrected chi connectivity index (χ3v) is 8.53. The molecule has 4 aromatic rings. The predicted octanol–water partition coefficient (Wildman–Crippen LogP) is 4.53. The van der Waals surface area contributed by atoms with Crippen LogP contribution in [0.15, 0.2) is 65.5 Å². The second kappa shape index (κ2) is 15.3. The van der Waals surface area contributed by atoms with E-state index in [0.29, 0.717) is 38.8 Å². The first kappa shape index (κ1) is 35.7. The zero-order valence-electron chi connectivity index (χ0n) is 28.1. The summed E-state index contributed by atoms with van der Waals surface area (Å²) in [4.78, 5) is 61.1. The van der Waals surface area contributed by atoms with Gasteiger partial charge in [-0.05, 0) is 68.4 Å². The number of hydrogen-bond acceptors (Lipinski definition) is 9. The molecule has 1 aliphatic rings. The van der Waals surface area contributed by atoms with Crippen LogP contribution in [-0.2, 0) is 9.53 Å². The summed E-state index contributed by atoms with van der Waals surface area (Å²) in [6.07, 6.45) is -0.724. The molecule has 1 aliphatic heterocycles. The van der Waals surface area contributed by atoms with Crippen molar-refractivity contribution < 1.29 is 33.0 Å². The number of amides is 4. The zero-order chi connectivity index (χ0) is 36.1. The summed E-state index contributed by atoms with van der Waals surface area (Å²) >= 11 is 6.32. The Labute approximate surface area is 292 Å². The quantitative estimate of drug-likeness (QED) is 0.256. The van der Waals surface area contributed by atoms with Crippen molar-refractivity contribution in [3.8, 4) is 11.5 Å². The highest BCUT2D eigenvalue weighted by Gasteiger charge is 2.33. The Hall–Kier alpha value is -5.57. The Kier molecular flexibility index (Phi) is 11.0. The number of hydrogen-bond donors (Lipinski definition) is 2. The molecule has 0 bridgehead atoms. The SMILES string of the molecule is COC(=O)NC(C)C(=O)N1CCN(n2c(C(C)N(C(=O)Nc3ccc(F)cc3)c3ccc(OC)cc3OC)nc3cc(Cl)ccc3c2=O)CC1. The van der Waals surface area contributed by atoms with Crippen LogP contribution in [0, 0.1) is 5.82 Å². The zero-order valence-corrected chi connectivity index (χ0v) is 28.9. The number of ether oxygens (including phenoxy) is 3. The van der Waals surface area contributed by atoms with Gasteiger partial charge in [0.2, 0.25) is 5.91 Å². The molecule has 5 rings (SSSR count). The van der Waals surface area contributed by atoms with Crippen LogP contribution in [0.3, 0.4) is 0 Å². The highest BCUT2D eigenvalue weighted by molar-refractivity contribution is 6.31. The van der Waals surface area contributed by atoms with E-state index in [4.69, 9.17) is 26.1 Å². The molecule has 1 fully saturated rings. The van der Waals surface area contributed by atoms with E-state index in [1.165, 1.54) is 55.2 Å². The molecule has 3 aromatic carbocycles. The Bertz CT molecular complexity index is 1950. The minimum absolute atomic E-state index is 0.192. The molecular formula is C34H37ClFN7O7. The first-order chi connectivity index (χ1) is 23.9. The van der Waals surface area contributed by atoms with Crippen LogP contribution in [0.2, 0.25) is 5.02 Å². The van der Waals surface area contributed by atoms with Crippen LogP contribution in [0.4, 0.5) is 25.4 Å². The van der Waals surface area contributed by atoms with Crippen LogP contribution < -0.4 is 35.6 Å². The summed E-state index contributed by atoms with van der Waals surface area (Å²) in [5.74, 6) is 0.194. The number of piperazine rings is 1. The van der Waals surface area contributed by atoms with Crippen molar-refractivity contribution in [3.05, 3.63) is 87.7 Å². The maximum absolute atomic E-state index is 14.3. The van der Waals surface area contributed by atoms with E-state index < -0.39 is 35.6 Å². The number of rotatable bonds is 9. The van der Waals surface area contributed by atoms with Crippen molar-refractivity contribution in [2.75, 3.05) is 62.7 Å². The first-order valence-electron chi connectivity index (χ1n) is 15.6. The standard InChI is InChI=1S/C34H37ClFN7O7/c1-20(37-34(47)50-5)31(44)40-14-16-41(17-15-40)43-30(39-27-18-22(35)6-12-26(27)32(43)45)21(2)42(28-13-11-25(48-3)19-29(28)49-4)33(46)38-24-9-7-23(36)8-10-24/h6-13,18-21H,14-17H2,1-5H3,(H,37,47)(H,38,46). The number of aromatic nitrogens is 2. The Morgan fingerprint density at radius 1 is 0.940 bits per heavy atom. The lowest BCUT2D eigenvalue weighted by atomic mass is 10.1. The predicted molar refractivity (Wildman–Crippen MR) is 186 cm³/mol. The van der Waals surface area contributed by atoms with Gasteiger partial charge in [-0.25, -0.2) is 23.6 Å². The summed E-state index contributed by atoms with van der Waals surface area (Å²) in [7, 11) is 4.17. The van der Waals surface area contributed by atoms with Gasteiger partial charge in [-0.15, -0.1) is 0 Å². The fraction of sp³-hybridized carbons (Fsp3) is 0.324. The van der Waals surface area contributed by atoms with Gasteiger partial charge in [0.15, 0.2) is 5.82 Å². The number of carbonyl (C=O) groups excluding carboxylic acids is 3. The van der Waals surface area contributed by atoms with Crippen molar-refractivity contribution in [2.45, 2.75) is 25.9 Å². The maximum atomic E-state index is 14.3. The van der Waals surface area contributed by atoms with E-state index in [0.717, 1.165) is 0 Å². The Morgan fingerprint density at radius 3 is 2.28 bits per heavy atom. The molecule has 2 N–H and O–H groups in total. The molecule has 0 saturated carbocycles. The average Bonchev–Trinajstić information content (AvgIpc) is 3.12. The molecule has 14 nitrogen and oxygen atoms in total. The van der Waals surface area contributed by atoms with Gasteiger partial charge < -0.3 is 34.8 Å². The molecule has 2 heterocycles. The van der Waals surface area contributed by atoms with Crippen molar-refractivity contribution in [3.63, 3.8) is 0 Å². The molecule has 0 aliphatic carbocycles. The molecular weight excluding hydrogens is 673 g/mol. The Balaban J connectivity index is 1.59. The molecule has 0 spiro atoms. The summed E-state index contributed by atoms with van der Waals surface area (Å²) < 4.78 is 30.8. The van der Waals surface area contributed by atoms with Crippen molar-refractivity contribution >= 4 is 51.9 Å². The lowest BCUT2D eigenvalue weighted by molar-refractivity contribution is -0.133. The monoisotopic (exact) mass is 709 g/mol. The molecule has 2 unspecified atom stereocenters. The van der Waals surface area contributed by atoms with E-state index in [-0.39, 0.29) is 37.9 Å². The topological polar surface area (TPSA) is 148 Å². The third-order valence-electron chi connectivity index (χ3n) is 8.30. The number of nitrogens with one attached hydrogen (secondary N) is 2. The summed E-state index contributed by atoms with van der Waals surface area (Å²) in [5, 5.41) is 7.71. The van der Waals surface area contributed by atoms with Crippen molar-refractivity contribution in [1.82, 2.24) is 19.9 Å². The Morgan fingerprint density at radius 2 is 1.64 bits per heavy atom. The lowest BCUT2D eigenvalue weighted by Gasteiger charge is -2.39. The summed E-state index contributed by atoms with van der Waals surface area (Å²) in [6.45, 7) is 4.18.